The van der Waals surface area contributed by atoms with Crippen molar-refractivity contribution in [2.75, 3.05) is 20.2 Å². The second-order valence-electron chi connectivity index (χ2n) is 5.02. The molecular formula is C14H18N2O3. The highest BCUT2D eigenvalue weighted by Crippen LogP contribution is 2.25. The SMILES string of the molecule is CN1C(=O)N(CCOc2ccccc2)C(=O)C1(C)C. The van der Waals surface area contributed by atoms with E-state index in [2.05, 4.69) is 0 Å². The predicted molar refractivity (Wildman–Crippen MR) is 70.9 cm³/mol. The molecule has 1 aromatic rings. The molecule has 0 spiro atoms. The van der Waals surface area contributed by atoms with Gasteiger partial charge in [0.2, 0.25) is 0 Å². The zero-order chi connectivity index (χ0) is 14.0. The molecule has 5 nitrogen and oxygen atoms in total. The smallest absolute Gasteiger partial charge is 0.327 e. The Bertz CT molecular complexity index is 485. The number of urea groups is 1. The summed E-state index contributed by atoms with van der Waals surface area (Å²) in [6.45, 7) is 4.04. The number of ether oxygens (including phenoxy) is 1. The fourth-order valence-electron chi connectivity index (χ4n) is 1.95. The normalized spacial score (nSPS) is 18.1. The van der Waals surface area contributed by atoms with Crippen molar-refractivity contribution in [2.45, 2.75) is 19.4 Å². The van der Waals surface area contributed by atoms with E-state index in [0.717, 1.165) is 5.75 Å². The van der Waals surface area contributed by atoms with Gasteiger partial charge in [-0.25, -0.2) is 4.79 Å². The maximum absolute atomic E-state index is 12.1. The molecule has 1 fully saturated rings. The van der Waals surface area contributed by atoms with Crippen molar-refractivity contribution in [3.8, 4) is 5.75 Å². The number of hydrogen-bond donors (Lipinski definition) is 0. The number of nitrogens with zero attached hydrogens (tertiary/aromatic N) is 2. The zero-order valence-corrected chi connectivity index (χ0v) is 11.4. The van der Waals surface area contributed by atoms with Gasteiger partial charge < -0.3 is 9.64 Å². The first-order chi connectivity index (χ1) is 8.94. The van der Waals surface area contributed by atoms with E-state index in [1.165, 1.54) is 9.80 Å². The first-order valence-corrected chi connectivity index (χ1v) is 6.22. The van der Waals surface area contributed by atoms with Gasteiger partial charge in [-0.1, -0.05) is 18.2 Å². The monoisotopic (exact) mass is 262 g/mol. The molecule has 2 rings (SSSR count). The summed E-state index contributed by atoms with van der Waals surface area (Å²) >= 11 is 0. The maximum Gasteiger partial charge on any atom is 0.327 e. The standard InChI is InChI=1S/C14H18N2O3/c1-14(2)12(17)16(13(18)15(14)3)9-10-19-11-7-5-4-6-8-11/h4-8H,9-10H2,1-3H3. The van der Waals surface area contributed by atoms with Gasteiger partial charge in [-0.05, 0) is 26.0 Å². The number of rotatable bonds is 4. The number of benzene rings is 1. The minimum Gasteiger partial charge on any atom is -0.492 e. The van der Waals surface area contributed by atoms with E-state index in [1.807, 2.05) is 30.3 Å². The molecular weight excluding hydrogens is 244 g/mol. The molecule has 3 amide bonds. The van der Waals surface area contributed by atoms with Gasteiger partial charge in [0.1, 0.15) is 17.9 Å². The lowest BCUT2D eigenvalue weighted by Gasteiger charge is -2.22. The molecule has 19 heavy (non-hydrogen) atoms. The van der Waals surface area contributed by atoms with E-state index in [4.69, 9.17) is 4.74 Å². The summed E-state index contributed by atoms with van der Waals surface area (Å²) in [5, 5.41) is 0. The first kappa shape index (κ1) is 13.4. The van der Waals surface area contributed by atoms with Crippen LogP contribution < -0.4 is 4.74 Å². The summed E-state index contributed by atoms with van der Waals surface area (Å²) in [4.78, 5) is 26.7. The molecule has 0 radical (unpaired) electrons. The molecule has 0 bridgehead atoms. The topological polar surface area (TPSA) is 49.9 Å². The molecule has 1 heterocycles. The Kier molecular flexibility index (Phi) is 3.46. The Morgan fingerprint density at radius 2 is 1.79 bits per heavy atom. The summed E-state index contributed by atoms with van der Waals surface area (Å²) in [5.74, 6) is 0.547. The third-order valence-corrected chi connectivity index (χ3v) is 3.45. The number of para-hydroxylation sites is 1. The number of likely N-dealkylation sites (N-methyl/N-ethyl adjacent to an activating group) is 1. The van der Waals surface area contributed by atoms with E-state index < -0.39 is 5.54 Å². The second-order valence-corrected chi connectivity index (χ2v) is 5.02. The number of hydrogen-bond acceptors (Lipinski definition) is 3. The molecule has 5 heteroatoms. The summed E-state index contributed by atoms with van der Waals surface area (Å²) < 4.78 is 5.50. The lowest BCUT2D eigenvalue weighted by molar-refractivity contribution is -0.131. The van der Waals surface area contributed by atoms with Crippen molar-refractivity contribution in [2.24, 2.45) is 0 Å². The van der Waals surface area contributed by atoms with Crippen LogP contribution in [0.1, 0.15) is 13.8 Å². The molecule has 1 aromatic carbocycles. The highest BCUT2D eigenvalue weighted by atomic mass is 16.5. The highest BCUT2D eigenvalue weighted by molar-refractivity contribution is 6.06. The predicted octanol–water partition coefficient (Wildman–Crippen LogP) is 1.74. The Hall–Kier alpha value is -2.04. The van der Waals surface area contributed by atoms with Crippen molar-refractivity contribution in [1.29, 1.82) is 0 Å². The molecule has 0 unspecified atom stereocenters. The largest absolute Gasteiger partial charge is 0.492 e. The second kappa shape index (κ2) is 4.91. The van der Waals surface area contributed by atoms with Crippen molar-refractivity contribution in [3.63, 3.8) is 0 Å². The van der Waals surface area contributed by atoms with Crippen molar-refractivity contribution in [3.05, 3.63) is 30.3 Å². The van der Waals surface area contributed by atoms with Gasteiger partial charge in [-0.2, -0.15) is 0 Å². The van der Waals surface area contributed by atoms with Gasteiger partial charge in [0.05, 0.1) is 6.54 Å². The van der Waals surface area contributed by atoms with Crippen LogP contribution in [0, 0.1) is 0 Å². The van der Waals surface area contributed by atoms with E-state index >= 15 is 0 Å². The Morgan fingerprint density at radius 3 is 2.32 bits per heavy atom. The molecule has 1 aliphatic rings. The maximum atomic E-state index is 12.1. The fourth-order valence-corrected chi connectivity index (χ4v) is 1.95. The molecule has 0 aromatic heterocycles. The average molecular weight is 262 g/mol. The average Bonchev–Trinajstić information content (AvgIpc) is 2.55. The molecule has 0 N–H and O–H groups in total. The number of carbonyl (C=O) groups is 2. The molecule has 1 saturated heterocycles. The summed E-state index contributed by atoms with van der Waals surface area (Å²) in [6.07, 6.45) is 0. The lowest BCUT2D eigenvalue weighted by atomic mass is 10.1. The van der Waals surface area contributed by atoms with Gasteiger partial charge in [-0.3, -0.25) is 9.69 Å². The van der Waals surface area contributed by atoms with Gasteiger partial charge in [0.15, 0.2) is 0 Å². The van der Waals surface area contributed by atoms with E-state index in [9.17, 15) is 9.59 Å². The minimum atomic E-state index is -0.774. The molecule has 1 aliphatic heterocycles. The first-order valence-electron chi connectivity index (χ1n) is 6.22. The van der Waals surface area contributed by atoms with E-state index in [-0.39, 0.29) is 18.5 Å². The summed E-state index contributed by atoms with van der Waals surface area (Å²) in [5.41, 5.74) is -0.774. The van der Waals surface area contributed by atoms with Crippen LogP contribution >= 0.6 is 0 Å². The highest BCUT2D eigenvalue weighted by Gasteiger charge is 2.48. The Labute approximate surface area is 112 Å². The van der Waals surface area contributed by atoms with Crippen molar-refractivity contribution >= 4 is 11.9 Å². The van der Waals surface area contributed by atoms with Crippen molar-refractivity contribution in [1.82, 2.24) is 9.80 Å². The zero-order valence-electron chi connectivity index (χ0n) is 11.4. The quantitative estimate of drug-likeness (QED) is 0.777. The van der Waals surface area contributed by atoms with Crippen LogP contribution in [0.3, 0.4) is 0 Å². The summed E-state index contributed by atoms with van der Waals surface area (Å²) in [6, 6.07) is 9.05. The lowest BCUT2D eigenvalue weighted by Crippen LogP contribution is -2.41. The van der Waals surface area contributed by atoms with Crippen molar-refractivity contribution < 1.29 is 14.3 Å². The Balaban J connectivity index is 1.94. The van der Waals surface area contributed by atoms with Crippen LogP contribution in [0.15, 0.2) is 30.3 Å². The molecule has 0 aliphatic carbocycles. The minimum absolute atomic E-state index is 0.184. The third kappa shape index (κ3) is 2.41. The number of imide groups is 1. The third-order valence-electron chi connectivity index (χ3n) is 3.45. The number of carbonyl (C=O) groups excluding carboxylic acids is 2. The van der Waals surface area contributed by atoms with Crippen LogP contribution in [-0.4, -0.2) is 47.5 Å². The fraction of sp³-hybridized carbons (Fsp3) is 0.429. The molecule has 0 atom stereocenters. The van der Waals surface area contributed by atoms with E-state index in [1.54, 1.807) is 20.9 Å². The van der Waals surface area contributed by atoms with Gasteiger partial charge in [0, 0.05) is 7.05 Å². The number of amides is 3. The van der Waals surface area contributed by atoms with Crippen LogP contribution in [0.2, 0.25) is 0 Å². The molecule has 102 valence electrons. The van der Waals surface area contributed by atoms with Gasteiger partial charge >= 0.3 is 6.03 Å². The van der Waals surface area contributed by atoms with E-state index in [0.29, 0.717) is 6.61 Å². The van der Waals surface area contributed by atoms with Crippen LogP contribution in [-0.2, 0) is 4.79 Å². The molecule has 0 saturated carbocycles. The Morgan fingerprint density at radius 1 is 1.16 bits per heavy atom. The van der Waals surface area contributed by atoms with Crippen LogP contribution in [0.5, 0.6) is 5.75 Å². The van der Waals surface area contributed by atoms with Gasteiger partial charge in [-0.15, -0.1) is 0 Å². The van der Waals surface area contributed by atoms with Crippen LogP contribution in [0.25, 0.3) is 0 Å². The van der Waals surface area contributed by atoms with Gasteiger partial charge in [0.25, 0.3) is 5.91 Å². The summed E-state index contributed by atoms with van der Waals surface area (Å²) in [7, 11) is 1.64. The van der Waals surface area contributed by atoms with Crippen LogP contribution in [0.4, 0.5) is 4.79 Å².